The summed E-state index contributed by atoms with van der Waals surface area (Å²) in [6, 6.07) is 16.9. The molecule has 1 atom stereocenters. The Balaban J connectivity index is 1.31. The van der Waals surface area contributed by atoms with Crippen molar-refractivity contribution in [3.63, 3.8) is 0 Å². The van der Waals surface area contributed by atoms with Crippen LogP contribution in [0.15, 0.2) is 54.7 Å². The highest BCUT2D eigenvalue weighted by Crippen LogP contribution is 2.30. The lowest BCUT2D eigenvalue weighted by atomic mass is 10.1. The molecule has 4 rings (SSSR count). The van der Waals surface area contributed by atoms with Crippen LogP contribution < -0.4 is 5.32 Å². The minimum atomic E-state index is 0.163. The van der Waals surface area contributed by atoms with Crippen molar-refractivity contribution >= 4 is 16.8 Å². The monoisotopic (exact) mass is 318 g/mol. The van der Waals surface area contributed by atoms with Crippen LogP contribution in [0.3, 0.4) is 0 Å². The molecular formula is C21H22N2O. The van der Waals surface area contributed by atoms with E-state index in [4.69, 9.17) is 0 Å². The molecular weight excluding hydrogens is 296 g/mol. The first kappa shape index (κ1) is 15.0. The number of hydrogen-bond acceptors (Lipinski definition) is 1. The molecule has 1 amide bonds. The maximum atomic E-state index is 12.3. The molecule has 2 aromatic carbocycles. The summed E-state index contributed by atoms with van der Waals surface area (Å²) in [6.45, 7) is 0. The van der Waals surface area contributed by atoms with Gasteiger partial charge in [-0.1, -0.05) is 42.5 Å². The normalized spacial score (nSPS) is 16.2. The van der Waals surface area contributed by atoms with Gasteiger partial charge in [0.25, 0.3) is 0 Å². The predicted molar refractivity (Wildman–Crippen MR) is 96.9 cm³/mol. The summed E-state index contributed by atoms with van der Waals surface area (Å²) in [5.74, 6) is 0.163. The molecule has 122 valence electrons. The Morgan fingerprint density at radius 3 is 2.92 bits per heavy atom. The Bertz CT molecular complexity index is 865. The molecule has 0 fully saturated rings. The van der Waals surface area contributed by atoms with Gasteiger partial charge in [0.1, 0.15) is 0 Å². The number of aryl methyl sites for hydroxylation is 2. The summed E-state index contributed by atoms with van der Waals surface area (Å²) in [7, 11) is 0. The molecule has 3 heteroatoms. The van der Waals surface area contributed by atoms with Crippen LogP contribution in [-0.4, -0.2) is 10.9 Å². The van der Waals surface area contributed by atoms with Crippen LogP contribution in [0.5, 0.6) is 0 Å². The lowest BCUT2D eigenvalue weighted by Gasteiger charge is -2.14. The molecule has 1 aliphatic rings. The Kier molecular flexibility index (Phi) is 4.08. The van der Waals surface area contributed by atoms with Crippen LogP contribution in [0, 0.1) is 0 Å². The summed E-state index contributed by atoms with van der Waals surface area (Å²) in [6.07, 6.45) is 6.54. The van der Waals surface area contributed by atoms with Crippen molar-refractivity contribution in [2.75, 3.05) is 0 Å². The number of nitrogens with one attached hydrogen (secondary N) is 2. The number of aromatic nitrogens is 1. The van der Waals surface area contributed by atoms with Gasteiger partial charge in [0, 0.05) is 23.5 Å². The van der Waals surface area contributed by atoms with Gasteiger partial charge in [0.2, 0.25) is 5.91 Å². The van der Waals surface area contributed by atoms with Crippen molar-refractivity contribution in [1.29, 1.82) is 0 Å². The molecule has 0 aliphatic heterocycles. The number of H-pyrrole nitrogens is 1. The first-order chi connectivity index (χ1) is 11.8. The van der Waals surface area contributed by atoms with Crippen LogP contribution >= 0.6 is 0 Å². The van der Waals surface area contributed by atoms with Crippen molar-refractivity contribution in [2.24, 2.45) is 0 Å². The molecule has 1 aliphatic carbocycles. The van der Waals surface area contributed by atoms with Crippen LogP contribution in [0.2, 0.25) is 0 Å². The molecule has 0 radical (unpaired) electrons. The molecule has 2 N–H and O–H groups in total. The predicted octanol–water partition coefficient (Wildman–Crippen LogP) is 4.29. The van der Waals surface area contributed by atoms with E-state index in [0.29, 0.717) is 6.42 Å². The van der Waals surface area contributed by atoms with Crippen molar-refractivity contribution in [1.82, 2.24) is 10.3 Å². The average molecular weight is 318 g/mol. The number of carbonyl (C=O) groups excluding carboxylic acids is 1. The van der Waals surface area contributed by atoms with E-state index in [1.165, 1.54) is 27.6 Å². The number of hydrogen-bond donors (Lipinski definition) is 2. The largest absolute Gasteiger partial charge is 0.361 e. The van der Waals surface area contributed by atoms with Crippen molar-refractivity contribution in [3.05, 3.63) is 71.4 Å². The van der Waals surface area contributed by atoms with Gasteiger partial charge in [-0.25, -0.2) is 0 Å². The smallest absolute Gasteiger partial charge is 0.220 e. The second kappa shape index (κ2) is 6.52. The molecule has 1 unspecified atom stereocenters. The third-order valence-electron chi connectivity index (χ3n) is 4.99. The van der Waals surface area contributed by atoms with Crippen LogP contribution in [-0.2, 0) is 17.6 Å². The van der Waals surface area contributed by atoms with Crippen LogP contribution in [0.25, 0.3) is 10.9 Å². The Morgan fingerprint density at radius 1 is 1.12 bits per heavy atom. The minimum absolute atomic E-state index is 0.163. The zero-order chi connectivity index (χ0) is 16.4. The van der Waals surface area contributed by atoms with Gasteiger partial charge in [-0.2, -0.15) is 0 Å². The lowest BCUT2D eigenvalue weighted by Crippen LogP contribution is -2.26. The van der Waals surface area contributed by atoms with Gasteiger partial charge in [-0.05, 0) is 48.4 Å². The number of aromatic amines is 1. The lowest BCUT2D eigenvalue weighted by molar-refractivity contribution is -0.121. The third-order valence-corrected chi connectivity index (χ3v) is 4.99. The van der Waals surface area contributed by atoms with E-state index in [0.717, 1.165) is 25.7 Å². The maximum absolute atomic E-state index is 12.3. The SMILES string of the molecule is O=C(CCCc1c[nH]c2ccccc12)NC1CCc2ccccc21. The number of para-hydroxylation sites is 1. The summed E-state index contributed by atoms with van der Waals surface area (Å²) in [4.78, 5) is 15.6. The van der Waals surface area contributed by atoms with Gasteiger partial charge < -0.3 is 10.3 Å². The fraction of sp³-hybridized carbons (Fsp3) is 0.286. The molecule has 1 heterocycles. The Morgan fingerprint density at radius 2 is 1.96 bits per heavy atom. The second-order valence-corrected chi connectivity index (χ2v) is 6.57. The number of benzene rings is 2. The molecule has 24 heavy (non-hydrogen) atoms. The van der Waals surface area contributed by atoms with Gasteiger partial charge in [-0.3, -0.25) is 4.79 Å². The van der Waals surface area contributed by atoms with E-state index in [9.17, 15) is 4.79 Å². The zero-order valence-corrected chi connectivity index (χ0v) is 13.7. The fourth-order valence-electron chi connectivity index (χ4n) is 3.75. The summed E-state index contributed by atoms with van der Waals surface area (Å²) in [5, 5.41) is 4.47. The topological polar surface area (TPSA) is 44.9 Å². The highest BCUT2D eigenvalue weighted by Gasteiger charge is 2.22. The first-order valence-electron chi connectivity index (χ1n) is 8.73. The highest BCUT2D eigenvalue weighted by molar-refractivity contribution is 5.83. The average Bonchev–Trinajstić information content (AvgIpc) is 3.20. The van der Waals surface area contributed by atoms with Gasteiger partial charge in [0.05, 0.1) is 6.04 Å². The van der Waals surface area contributed by atoms with Crippen LogP contribution in [0.4, 0.5) is 0 Å². The van der Waals surface area contributed by atoms with E-state index < -0.39 is 0 Å². The van der Waals surface area contributed by atoms with Gasteiger partial charge >= 0.3 is 0 Å². The van der Waals surface area contributed by atoms with Crippen molar-refractivity contribution in [3.8, 4) is 0 Å². The Labute approximate surface area is 142 Å². The maximum Gasteiger partial charge on any atom is 0.220 e. The number of rotatable bonds is 5. The third kappa shape index (κ3) is 2.94. The van der Waals surface area contributed by atoms with E-state index in [-0.39, 0.29) is 11.9 Å². The number of amides is 1. The first-order valence-corrected chi connectivity index (χ1v) is 8.73. The highest BCUT2D eigenvalue weighted by atomic mass is 16.1. The van der Waals surface area contributed by atoms with Crippen molar-refractivity contribution < 1.29 is 4.79 Å². The standard InChI is InChI=1S/C21H22N2O/c24-21(23-20-13-12-15-6-1-2-8-17(15)20)11-5-7-16-14-22-19-10-4-3-9-18(16)19/h1-4,6,8-10,14,20,22H,5,7,11-13H2,(H,23,24). The van der Waals surface area contributed by atoms with E-state index in [1.54, 1.807) is 0 Å². The minimum Gasteiger partial charge on any atom is -0.361 e. The molecule has 3 aromatic rings. The van der Waals surface area contributed by atoms with Gasteiger partial charge in [-0.15, -0.1) is 0 Å². The number of carbonyl (C=O) groups is 1. The van der Waals surface area contributed by atoms with Gasteiger partial charge in [0.15, 0.2) is 0 Å². The molecule has 1 aromatic heterocycles. The summed E-state index contributed by atoms with van der Waals surface area (Å²) < 4.78 is 0. The Hall–Kier alpha value is -2.55. The molecule has 3 nitrogen and oxygen atoms in total. The molecule has 0 spiro atoms. The summed E-state index contributed by atoms with van der Waals surface area (Å²) in [5.41, 5.74) is 5.13. The molecule has 0 saturated heterocycles. The second-order valence-electron chi connectivity index (χ2n) is 6.57. The van der Waals surface area contributed by atoms with E-state index in [2.05, 4.69) is 59.0 Å². The molecule has 0 saturated carbocycles. The van der Waals surface area contributed by atoms with Crippen molar-refractivity contribution in [2.45, 2.75) is 38.1 Å². The van der Waals surface area contributed by atoms with E-state index in [1.807, 2.05) is 6.07 Å². The molecule has 0 bridgehead atoms. The quantitative estimate of drug-likeness (QED) is 0.724. The van der Waals surface area contributed by atoms with Crippen LogP contribution in [0.1, 0.15) is 42.0 Å². The summed E-state index contributed by atoms with van der Waals surface area (Å²) >= 11 is 0. The van der Waals surface area contributed by atoms with E-state index >= 15 is 0 Å². The zero-order valence-electron chi connectivity index (χ0n) is 13.7. The fourth-order valence-corrected chi connectivity index (χ4v) is 3.75. The number of fused-ring (bicyclic) bond motifs is 2.